The average molecular weight is 554 g/mol. The molecule has 0 atom stereocenters. The van der Waals surface area contributed by atoms with E-state index in [0.717, 1.165) is 10.2 Å². The zero-order valence-electron chi connectivity index (χ0n) is 22.7. The maximum atomic E-state index is 14.9. The second-order valence-electron chi connectivity index (χ2n) is 9.92. The van der Waals surface area contributed by atoms with Gasteiger partial charge in [0.1, 0.15) is 36.9 Å². The van der Waals surface area contributed by atoms with Crippen LogP contribution in [0, 0.1) is 30.5 Å². The standard InChI is InChI=1S/C31H28FN5O4/c1-5-19-13-21-16-36(31(40)37-27(17-38)33-18-34-37)11-12-41-30(21)24(9-10-35(3)4)28(19)25-15-22(39)14-20-7-8-26(32)23(6-2)29(20)25/h1-2,7-8,13-15,18,38-39H,9-12,16-17H2,3-4H3. The van der Waals surface area contributed by atoms with Crippen LogP contribution in [0.5, 0.6) is 11.5 Å². The van der Waals surface area contributed by atoms with Crippen LogP contribution in [-0.4, -0.2) is 74.6 Å². The van der Waals surface area contributed by atoms with Crippen molar-refractivity contribution in [2.24, 2.45) is 0 Å². The molecule has 5 rings (SSSR count). The van der Waals surface area contributed by atoms with Gasteiger partial charge < -0.3 is 24.7 Å². The van der Waals surface area contributed by atoms with Crippen LogP contribution >= 0.6 is 0 Å². The third kappa shape index (κ3) is 5.07. The van der Waals surface area contributed by atoms with Gasteiger partial charge in [0.15, 0.2) is 5.82 Å². The van der Waals surface area contributed by atoms with E-state index < -0.39 is 18.5 Å². The van der Waals surface area contributed by atoms with Gasteiger partial charge in [0.2, 0.25) is 0 Å². The number of halogens is 1. The summed E-state index contributed by atoms with van der Waals surface area (Å²) in [4.78, 5) is 20.8. The predicted octanol–water partition coefficient (Wildman–Crippen LogP) is 3.36. The molecule has 0 aliphatic carbocycles. The van der Waals surface area contributed by atoms with E-state index in [1.807, 2.05) is 19.0 Å². The molecule has 2 N–H and O–H groups in total. The number of aromatic hydroxyl groups is 1. The quantitative estimate of drug-likeness (QED) is 0.365. The molecule has 4 aromatic rings. The number of carbonyl (C=O) groups excluding carboxylic acids is 1. The molecule has 41 heavy (non-hydrogen) atoms. The molecule has 1 aliphatic rings. The van der Waals surface area contributed by atoms with Crippen molar-refractivity contribution in [2.75, 3.05) is 33.8 Å². The van der Waals surface area contributed by atoms with Crippen molar-refractivity contribution in [3.63, 3.8) is 0 Å². The minimum atomic E-state index is -0.556. The lowest BCUT2D eigenvalue weighted by Crippen LogP contribution is -2.37. The topological polar surface area (TPSA) is 104 Å². The Balaban J connectivity index is 1.75. The van der Waals surface area contributed by atoms with Gasteiger partial charge in [0, 0.05) is 34.2 Å². The number of likely N-dealkylation sites (N-methyl/N-ethyl adjacent to an activating group) is 1. The fraction of sp³-hybridized carbons (Fsp3) is 0.258. The maximum absolute atomic E-state index is 14.9. The highest BCUT2D eigenvalue weighted by Gasteiger charge is 2.29. The van der Waals surface area contributed by atoms with Crippen molar-refractivity contribution in [1.29, 1.82) is 0 Å². The summed E-state index contributed by atoms with van der Waals surface area (Å²) >= 11 is 0. The van der Waals surface area contributed by atoms with Crippen LogP contribution in [0.4, 0.5) is 9.18 Å². The number of hydrogen-bond acceptors (Lipinski definition) is 7. The molecule has 1 aliphatic heterocycles. The molecule has 10 heteroatoms. The van der Waals surface area contributed by atoms with Crippen molar-refractivity contribution in [2.45, 2.75) is 19.6 Å². The summed E-state index contributed by atoms with van der Waals surface area (Å²) in [5, 5.41) is 25.2. The SMILES string of the molecule is C#Cc1cc2c(c(CCN(C)C)c1-c1cc(O)cc3ccc(F)c(C#C)c13)OCCN(C(=O)n1ncnc1CO)C2. The molecular weight excluding hydrogens is 525 g/mol. The minimum Gasteiger partial charge on any atom is -0.508 e. The van der Waals surface area contributed by atoms with Gasteiger partial charge >= 0.3 is 6.03 Å². The third-order valence-electron chi connectivity index (χ3n) is 7.07. The van der Waals surface area contributed by atoms with Gasteiger partial charge in [-0.1, -0.05) is 17.9 Å². The molecule has 0 saturated heterocycles. The largest absolute Gasteiger partial charge is 0.508 e. The highest BCUT2D eigenvalue weighted by atomic mass is 19.1. The van der Waals surface area contributed by atoms with Crippen LogP contribution in [0.3, 0.4) is 0 Å². The normalized spacial score (nSPS) is 12.9. The molecule has 0 spiro atoms. The Morgan fingerprint density at radius 1 is 1.22 bits per heavy atom. The lowest BCUT2D eigenvalue weighted by atomic mass is 9.85. The molecule has 208 valence electrons. The number of phenolic OH excluding ortho intramolecular Hbond substituents is 1. The Kier molecular flexibility index (Phi) is 7.62. The van der Waals surface area contributed by atoms with E-state index in [1.165, 1.54) is 24.5 Å². The lowest BCUT2D eigenvalue weighted by Gasteiger charge is -2.23. The van der Waals surface area contributed by atoms with Crippen molar-refractivity contribution in [3.8, 4) is 47.3 Å². The number of aliphatic hydroxyl groups is 1. The number of fused-ring (bicyclic) bond motifs is 2. The van der Waals surface area contributed by atoms with E-state index in [4.69, 9.17) is 17.6 Å². The molecule has 3 aromatic carbocycles. The molecular formula is C31H28FN5O4. The molecule has 2 heterocycles. The fourth-order valence-corrected chi connectivity index (χ4v) is 5.21. The van der Waals surface area contributed by atoms with E-state index in [2.05, 4.69) is 21.9 Å². The van der Waals surface area contributed by atoms with E-state index >= 15 is 0 Å². The molecule has 9 nitrogen and oxygen atoms in total. The number of carbonyl (C=O) groups is 1. The first kappa shape index (κ1) is 27.7. The van der Waals surface area contributed by atoms with Crippen LogP contribution in [0.15, 0.2) is 36.7 Å². The predicted molar refractivity (Wildman–Crippen MR) is 152 cm³/mol. The van der Waals surface area contributed by atoms with E-state index in [-0.39, 0.29) is 36.8 Å². The monoisotopic (exact) mass is 553 g/mol. The summed E-state index contributed by atoms with van der Waals surface area (Å²) in [6.07, 6.45) is 13.5. The number of terminal acetylenes is 2. The second kappa shape index (κ2) is 11.3. The number of phenols is 1. The van der Waals surface area contributed by atoms with Gasteiger partial charge in [-0.15, -0.1) is 12.8 Å². The summed E-state index contributed by atoms with van der Waals surface area (Å²) in [5.41, 5.74) is 3.09. The summed E-state index contributed by atoms with van der Waals surface area (Å²) in [5.74, 6) is 5.33. The van der Waals surface area contributed by atoms with Crippen molar-refractivity contribution < 1.29 is 24.1 Å². The third-order valence-corrected chi connectivity index (χ3v) is 7.07. The molecule has 0 fully saturated rings. The summed E-state index contributed by atoms with van der Waals surface area (Å²) in [6.45, 7) is 0.771. The molecule has 0 unspecified atom stereocenters. The minimum absolute atomic E-state index is 0.0243. The Morgan fingerprint density at radius 3 is 2.73 bits per heavy atom. The molecule has 1 aromatic heterocycles. The van der Waals surface area contributed by atoms with Crippen molar-refractivity contribution in [1.82, 2.24) is 24.6 Å². The summed E-state index contributed by atoms with van der Waals surface area (Å²) in [7, 11) is 3.88. The zero-order valence-corrected chi connectivity index (χ0v) is 22.7. The van der Waals surface area contributed by atoms with E-state index in [0.29, 0.717) is 51.7 Å². The number of benzene rings is 3. The lowest BCUT2D eigenvalue weighted by molar-refractivity contribution is 0.181. The van der Waals surface area contributed by atoms with Gasteiger partial charge in [-0.25, -0.2) is 14.2 Å². The van der Waals surface area contributed by atoms with Crippen LogP contribution in [0.25, 0.3) is 21.9 Å². The second-order valence-corrected chi connectivity index (χ2v) is 9.92. The highest BCUT2D eigenvalue weighted by Crippen LogP contribution is 2.44. The fourth-order valence-electron chi connectivity index (χ4n) is 5.21. The summed E-state index contributed by atoms with van der Waals surface area (Å²) < 4.78 is 22.3. The Bertz CT molecular complexity index is 1750. The first-order chi connectivity index (χ1) is 19.8. The van der Waals surface area contributed by atoms with Crippen molar-refractivity contribution in [3.05, 3.63) is 70.6 Å². The first-order valence-electron chi connectivity index (χ1n) is 12.9. The van der Waals surface area contributed by atoms with Crippen LogP contribution in [0.1, 0.15) is 28.1 Å². The van der Waals surface area contributed by atoms with Gasteiger partial charge in [-0.3, -0.25) is 0 Å². The molecule has 0 radical (unpaired) electrons. The Hall–Kier alpha value is -4.90. The van der Waals surface area contributed by atoms with Gasteiger partial charge in [0.05, 0.1) is 18.7 Å². The summed E-state index contributed by atoms with van der Waals surface area (Å²) in [6, 6.07) is 7.23. The number of amides is 1. The first-order valence-corrected chi connectivity index (χ1v) is 12.9. The van der Waals surface area contributed by atoms with Crippen molar-refractivity contribution >= 4 is 16.8 Å². The van der Waals surface area contributed by atoms with E-state index in [1.54, 1.807) is 17.0 Å². The number of aliphatic hydroxyl groups excluding tert-OH is 1. The maximum Gasteiger partial charge on any atom is 0.346 e. The molecule has 0 bridgehead atoms. The number of aromatic nitrogens is 3. The van der Waals surface area contributed by atoms with Crippen LogP contribution in [-0.2, 0) is 19.6 Å². The van der Waals surface area contributed by atoms with Gasteiger partial charge in [-0.2, -0.15) is 9.78 Å². The Morgan fingerprint density at radius 2 is 2.02 bits per heavy atom. The van der Waals surface area contributed by atoms with Gasteiger partial charge in [-0.05, 0) is 55.7 Å². The number of hydrogen-bond donors (Lipinski definition) is 2. The van der Waals surface area contributed by atoms with Crippen LogP contribution in [0.2, 0.25) is 0 Å². The zero-order chi connectivity index (χ0) is 29.3. The molecule has 1 amide bonds. The van der Waals surface area contributed by atoms with E-state index in [9.17, 15) is 19.4 Å². The van der Waals surface area contributed by atoms with Gasteiger partial charge in [0.25, 0.3) is 0 Å². The van der Waals surface area contributed by atoms with Crippen LogP contribution < -0.4 is 4.74 Å². The number of ether oxygens (including phenoxy) is 1. The molecule has 0 saturated carbocycles. The average Bonchev–Trinajstić information content (AvgIpc) is 3.34. The number of rotatable bonds is 5. The highest BCUT2D eigenvalue weighted by molar-refractivity contribution is 6.03. The Labute approximate surface area is 236 Å². The smallest absolute Gasteiger partial charge is 0.346 e. The number of nitrogens with zero attached hydrogens (tertiary/aromatic N) is 5.